The minimum Gasteiger partial charge on any atom is -0.323 e. The molecule has 0 radical (unpaired) electrons. The van der Waals surface area contributed by atoms with E-state index < -0.39 is 11.7 Å². The number of carbonyl (C=O) groups is 1. The molecule has 0 saturated carbocycles. The molecule has 0 bridgehead atoms. The molecule has 6 heteroatoms. The number of nitrogens with zero attached hydrogens (tertiary/aromatic N) is 1. The minimum absolute atomic E-state index is 0.333. The van der Waals surface area contributed by atoms with E-state index in [4.69, 9.17) is 0 Å². The van der Waals surface area contributed by atoms with E-state index in [1.54, 1.807) is 0 Å². The van der Waals surface area contributed by atoms with Crippen molar-refractivity contribution >= 4 is 12.0 Å². The molecule has 3 nitrogen and oxygen atoms in total. The lowest BCUT2D eigenvalue weighted by Crippen LogP contribution is -2.34. The van der Waals surface area contributed by atoms with Crippen molar-refractivity contribution in [1.29, 1.82) is 0 Å². The fourth-order valence-electron chi connectivity index (χ4n) is 3.54. The Morgan fingerprint density at radius 2 is 2.00 bits per heavy atom. The Morgan fingerprint density at radius 1 is 1.21 bits per heavy atom. The summed E-state index contributed by atoms with van der Waals surface area (Å²) in [5.74, 6) is 0.0993. The number of allylic oxidation sites excluding steroid dienone is 2. The van der Waals surface area contributed by atoms with Crippen LogP contribution in [0.5, 0.6) is 0 Å². The third-order valence-electron chi connectivity index (χ3n) is 5.04. The molecular formula is C22H25F3N2O. The lowest BCUT2D eigenvalue weighted by molar-refractivity contribution is -0.137. The monoisotopic (exact) mass is 390 g/mol. The van der Waals surface area contributed by atoms with Gasteiger partial charge in [0.2, 0.25) is 5.91 Å². The Balaban J connectivity index is 1.49. The zero-order chi connectivity index (χ0) is 20.0. The summed E-state index contributed by atoms with van der Waals surface area (Å²) in [6.45, 7) is 3.37. The first-order valence-electron chi connectivity index (χ1n) is 9.67. The quantitative estimate of drug-likeness (QED) is 0.734. The molecule has 1 unspecified atom stereocenters. The highest BCUT2D eigenvalue weighted by Crippen LogP contribution is 2.29. The van der Waals surface area contributed by atoms with E-state index in [0.29, 0.717) is 11.5 Å². The second-order valence-corrected chi connectivity index (χ2v) is 7.32. The van der Waals surface area contributed by atoms with Crippen molar-refractivity contribution in [3.63, 3.8) is 0 Å². The fraction of sp³-hybridized carbons (Fsp3) is 0.409. The highest BCUT2D eigenvalue weighted by Gasteiger charge is 2.30. The molecule has 1 saturated heterocycles. The number of nitrogens with one attached hydrogen (secondary N) is 1. The summed E-state index contributed by atoms with van der Waals surface area (Å²) in [5, 5.41) is 2.77. The Kier molecular flexibility index (Phi) is 6.73. The van der Waals surface area contributed by atoms with E-state index in [-0.39, 0.29) is 5.91 Å². The second kappa shape index (κ2) is 9.24. The molecule has 1 N–H and O–H groups in total. The van der Waals surface area contributed by atoms with Crippen molar-refractivity contribution in [3.8, 4) is 0 Å². The number of carbonyl (C=O) groups excluding carboxylic acids is 1. The van der Waals surface area contributed by atoms with Gasteiger partial charge in [0, 0.05) is 18.3 Å². The normalized spacial score (nSPS) is 21.0. The van der Waals surface area contributed by atoms with E-state index in [9.17, 15) is 18.0 Å². The first kappa shape index (κ1) is 20.4. The van der Waals surface area contributed by atoms with E-state index >= 15 is 0 Å². The van der Waals surface area contributed by atoms with Crippen LogP contribution in [0.4, 0.5) is 13.2 Å². The third kappa shape index (κ3) is 6.09. The number of amides is 1. The molecule has 0 spiro atoms. The molecular weight excluding hydrogens is 365 g/mol. The van der Waals surface area contributed by atoms with Crippen LogP contribution in [-0.4, -0.2) is 30.4 Å². The van der Waals surface area contributed by atoms with Crippen LogP contribution in [0.3, 0.4) is 0 Å². The Morgan fingerprint density at radius 3 is 2.68 bits per heavy atom. The van der Waals surface area contributed by atoms with Crippen LogP contribution in [0.2, 0.25) is 0 Å². The molecule has 1 atom stereocenters. The fourth-order valence-corrected chi connectivity index (χ4v) is 3.54. The summed E-state index contributed by atoms with van der Waals surface area (Å²) in [7, 11) is 0. The van der Waals surface area contributed by atoms with E-state index in [2.05, 4.69) is 16.3 Å². The van der Waals surface area contributed by atoms with Crippen molar-refractivity contribution in [2.24, 2.45) is 5.92 Å². The van der Waals surface area contributed by atoms with Gasteiger partial charge in [-0.25, -0.2) is 0 Å². The maximum absolute atomic E-state index is 12.7. The summed E-state index contributed by atoms with van der Waals surface area (Å²) in [5.41, 5.74) is 0.334. The van der Waals surface area contributed by atoms with Crippen molar-refractivity contribution in [1.82, 2.24) is 10.2 Å². The number of hydrogen-bond acceptors (Lipinski definition) is 2. The van der Waals surface area contributed by atoms with Crippen LogP contribution in [0.1, 0.15) is 36.8 Å². The summed E-state index contributed by atoms with van der Waals surface area (Å²) >= 11 is 0. The van der Waals surface area contributed by atoms with E-state index in [0.717, 1.165) is 43.9 Å². The molecule has 150 valence electrons. The molecule has 1 amide bonds. The molecule has 0 aromatic heterocycles. The number of benzene rings is 1. The number of halogens is 3. The third-order valence-corrected chi connectivity index (χ3v) is 5.04. The topological polar surface area (TPSA) is 32.3 Å². The number of rotatable bonds is 5. The van der Waals surface area contributed by atoms with Gasteiger partial charge in [-0.3, -0.25) is 4.79 Å². The summed E-state index contributed by atoms with van der Waals surface area (Å²) in [6, 6.07) is 4.89. The van der Waals surface area contributed by atoms with Crippen LogP contribution in [0.25, 0.3) is 6.08 Å². The van der Waals surface area contributed by atoms with Crippen molar-refractivity contribution in [3.05, 3.63) is 65.4 Å². The average Bonchev–Trinajstić information content (AvgIpc) is 2.68. The zero-order valence-electron chi connectivity index (χ0n) is 15.7. The van der Waals surface area contributed by atoms with Crippen LogP contribution in [-0.2, 0) is 11.0 Å². The molecule has 2 aliphatic rings. The van der Waals surface area contributed by atoms with E-state index in [1.807, 2.05) is 12.2 Å². The van der Waals surface area contributed by atoms with Gasteiger partial charge in [0.25, 0.3) is 0 Å². The van der Waals surface area contributed by atoms with Crippen molar-refractivity contribution in [2.75, 3.05) is 19.6 Å². The zero-order valence-corrected chi connectivity index (χ0v) is 15.7. The molecule has 1 aromatic rings. The van der Waals surface area contributed by atoms with Crippen molar-refractivity contribution in [2.45, 2.75) is 31.9 Å². The van der Waals surface area contributed by atoms with Gasteiger partial charge in [-0.1, -0.05) is 30.7 Å². The predicted octanol–water partition coefficient (Wildman–Crippen LogP) is 4.78. The summed E-state index contributed by atoms with van der Waals surface area (Å²) in [6.07, 6.45) is 9.02. The minimum atomic E-state index is -4.39. The maximum Gasteiger partial charge on any atom is 0.416 e. The predicted molar refractivity (Wildman–Crippen MR) is 104 cm³/mol. The van der Waals surface area contributed by atoms with Crippen LogP contribution >= 0.6 is 0 Å². The molecule has 1 heterocycles. The summed E-state index contributed by atoms with van der Waals surface area (Å²) in [4.78, 5) is 14.6. The van der Waals surface area contributed by atoms with Crippen LogP contribution in [0.15, 0.2) is 54.3 Å². The Bertz CT molecular complexity index is 774. The first-order chi connectivity index (χ1) is 13.4. The molecule has 1 aliphatic heterocycles. The number of likely N-dealkylation sites (tertiary alicyclic amines) is 1. The first-order valence-corrected chi connectivity index (χ1v) is 9.67. The molecule has 1 fully saturated rings. The molecule has 28 heavy (non-hydrogen) atoms. The van der Waals surface area contributed by atoms with Gasteiger partial charge >= 0.3 is 6.18 Å². The SMILES string of the molecule is O=C(C=Cc1cccc(C(F)(F)F)c1)NC1=CCC(CN2CCCCC2)C=C1. The lowest BCUT2D eigenvalue weighted by Gasteiger charge is -2.30. The smallest absolute Gasteiger partial charge is 0.323 e. The van der Waals surface area contributed by atoms with Crippen LogP contribution < -0.4 is 5.32 Å². The Labute approximate surface area is 163 Å². The Hall–Kier alpha value is -2.34. The van der Waals surface area contributed by atoms with Gasteiger partial charge in [0.15, 0.2) is 0 Å². The van der Waals surface area contributed by atoms with Crippen molar-refractivity contribution < 1.29 is 18.0 Å². The number of piperidine rings is 1. The summed E-state index contributed by atoms with van der Waals surface area (Å²) < 4.78 is 38.2. The van der Waals surface area contributed by atoms with Gasteiger partial charge in [0.1, 0.15) is 0 Å². The molecule has 1 aliphatic carbocycles. The number of alkyl halides is 3. The van der Waals surface area contributed by atoms with Gasteiger partial charge in [0.05, 0.1) is 5.56 Å². The van der Waals surface area contributed by atoms with Gasteiger partial charge in [-0.05, 0) is 68.1 Å². The highest BCUT2D eigenvalue weighted by molar-refractivity contribution is 5.93. The van der Waals surface area contributed by atoms with Crippen LogP contribution in [0, 0.1) is 5.92 Å². The molecule has 1 aromatic carbocycles. The lowest BCUT2D eigenvalue weighted by atomic mass is 9.97. The highest BCUT2D eigenvalue weighted by atomic mass is 19.4. The standard InChI is InChI=1S/C22H25F3N2O/c23-22(24,25)19-6-4-5-17(15-19)9-12-21(28)26-20-10-7-18(8-11-20)16-27-13-2-1-3-14-27/h4-7,9-12,15,18H,1-3,8,13-14,16H2,(H,26,28). The number of hydrogen-bond donors (Lipinski definition) is 1. The second-order valence-electron chi connectivity index (χ2n) is 7.32. The van der Waals surface area contributed by atoms with Gasteiger partial charge in [-0.2, -0.15) is 13.2 Å². The maximum atomic E-state index is 12.7. The average molecular weight is 390 g/mol. The largest absolute Gasteiger partial charge is 0.416 e. The molecule has 3 rings (SSSR count). The van der Waals surface area contributed by atoms with E-state index in [1.165, 1.54) is 43.5 Å². The van der Waals surface area contributed by atoms with Gasteiger partial charge in [-0.15, -0.1) is 0 Å². The van der Waals surface area contributed by atoms with Gasteiger partial charge < -0.3 is 10.2 Å².